The molecule has 1 aliphatic carbocycles. The van der Waals surface area contributed by atoms with E-state index in [0.29, 0.717) is 0 Å². The number of aromatic nitrogens is 2. The minimum atomic E-state index is 0. The van der Waals surface area contributed by atoms with E-state index < -0.39 is 0 Å². The molecule has 1 unspecified atom stereocenters. The normalized spacial score (nSPS) is 23.3. The molecular formula is C17H23ClN4O. The number of benzene rings is 1. The fraction of sp³-hybridized carbons (Fsp3) is 0.529. The van der Waals surface area contributed by atoms with Crippen molar-refractivity contribution in [1.82, 2.24) is 20.4 Å². The summed E-state index contributed by atoms with van der Waals surface area (Å²) in [7, 11) is 2.12. The third-order valence-corrected chi connectivity index (χ3v) is 4.94. The zero-order chi connectivity index (χ0) is 15.0. The molecule has 1 aromatic carbocycles. The maximum Gasteiger partial charge on any atom is 0.233 e. The van der Waals surface area contributed by atoms with Crippen LogP contribution in [-0.4, -0.2) is 41.7 Å². The Morgan fingerprint density at radius 3 is 2.78 bits per heavy atom. The average molecular weight is 335 g/mol. The van der Waals surface area contributed by atoms with Crippen molar-refractivity contribution >= 4 is 12.4 Å². The van der Waals surface area contributed by atoms with Gasteiger partial charge in [-0.1, -0.05) is 35.5 Å². The van der Waals surface area contributed by atoms with Gasteiger partial charge in [-0.25, -0.2) is 0 Å². The Balaban J connectivity index is 0.00000156. The Bertz CT molecular complexity index is 641. The smallest absolute Gasteiger partial charge is 0.233 e. The molecule has 1 saturated carbocycles. The minimum Gasteiger partial charge on any atom is -0.339 e. The topological polar surface area (TPSA) is 54.2 Å². The van der Waals surface area contributed by atoms with E-state index >= 15 is 0 Å². The monoisotopic (exact) mass is 334 g/mol. The van der Waals surface area contributed by atoms with Gasteiger partial charge in [0.1, 0.15) is 0 Å². The standard InChI is InChI=1S/C17H22N4O.ClH/c1-21-10-9-18-12-14(21)15-19-16(22-20-15)17(7-8-17)11-13-5-3-2-4-6-13;/h2-6,14,18H,7-12H2,1H3;1H. The molecule has 1 N–H and O–H groups in total. The molecule has 0 spiro atoms. The van der Waals surface area contributed by atoms with Gasteiger partial charge in [-0.3, -0.25) is 4.90 Å². The molecule has 2 aromatic rings. The highest BCUT2D eigenvalue weighted by atomic mass is 35.5. The predicted molar refractivity (Wildman–Crippen MR) is 90.8 cm³/mol. The average Bonchev–Trinajstić information content (AvgIpc) is 3.15. The zero-order valence-corrected chi connectivity index (χ0v) is 14.2. The van der Waals surface area contributed by atoms with Crippen molar-refractivity contribution in [2.45, 2.75) is 30.7 Å². The fourth-order valence-corrected chi connectivity index (χ4v) is 3.28. The number of piperazine rings is 1. The van der Waals surface area contributed by atoms with Crippen LogP contribution < -0.4 is 5.32 Å². The Hall–Kier alpha value is -1.43. The largest absolute Gasteiger partial charge is 0.339 e. The molecule has 6 heteroatoms. The van der Waals surface area contributed by atoms with Crippen LogP contribution in [0.25, 0.3) is 0 Å². The maximum absolute atomic E-state index is 5.65. The number of rotatable bonds is 4. The van der Waals surface area contributed by atoms with Crippen LogP contribution in [0.2, 0.25) is 0 Å². The molecule has 1 aliphatic heterocycles. The van der Waals surface area contributed by atoms with E-state index in [0.717, 1.165) is 50.6 Å². The summed E-state index contributed by atoms with van der Waals surface area (Å²) in [5.74, 6) is 1.65. The highest BCUT2D eigenvalue weighted by Crippen LogP contribution is 2.50. The second-order valence-corrected chi connectivity index (χ2v) is 6.60. The van der Waals surface area contributed by atoms with Crippen molar-refractivity contribution in [3.63, 3.8) is 0 Å². The van der Waals surface area contributed by atoms with Crippen LogP contribution in [0.15, 0.2) is 34.9 Å². The third-order valence-electron chi connectivity index (χ3n) is 4.94. The van der Waals surface area contributed by atoms with E-state index in [4.69, 9.17) is 9.51 Å². The van der Waals surface area contributed by atoms with E-state index in [-0.39, 0.29) is 23.9 Å². The first-order chi connectivity index (χ1) is 10.8. The first-order valence-electron chi connectivity index (χ1n) is 8.06. The summed E-state index contributed by atoms with van der Waals surface area (Å²) in [6.45, 7) is 2.93. The second kappa shape index (κ2) is 6.59. The molecule has 5 nitrogen and oxygen atoms in total. The minimum absolute atomic E-state index is 0. The number of likely N-dealkylation sites (N-methyl/N-ethyl adjacent to an activating group) is 1. The van der Waals surface area contributed by atoms with Gasteiger partial charge in [0.25, 0.3) is 0 Å². The van der Waals surface area contributed by atoms with Gasteiger partial charge in [0, 0.05) is 19.6 Å². The highest BCUT2D eigenvalue weighted by Gasteiger charge is 2.49. The molecule has 23 heavy (non-hydrogen) atoms. The SMILES string of the molecule is CN1CCNCC1c1noc(C2(Cc3ccccc3)CC2)n1.Cl. The van der Waals surface area contributed by atoms with Gasteiger partial charge in [-0.05, 0) is 31.9 Å². The lowest BCUT2D eigenvalue weighted by Crippen LogP contribution is -2.44. The molecule has 0 bridgehead atoms. The quantitative estimate of drug-likeness (QED) is 0.930. The molecule has 1 saturated heterocycles. The van der Waals surface area contributed by atoms with Gasteiger partial charge in [0.2, 0.25) is 5.89 Å². The summed E-state index contributed by atoms with van der Waals surface area (Å²) in [6.07, 6.45) is 3.28. The van der Waals surface area contributed by atoms with Crippen molar-refractivity contribution in [3.05, 3.63) is 47.6 Å². The molecule has 4 rings (SSSR count). The van der Waals surface area contributed by atoms with Gasteiger partial charge in [0.15, 0.2) is 5.82 Å². The summed E-state index contributed by atoms with van der Waals surface area (Å²) in [6, 6.07) is 10.8. The van der Waals surface area contributed by atoms with E-state index in [9.17, 15) is 0 Å². The summed E-state index contributed by atoms with van der Waals surface area (Å²) < 4.78 is 5.65. The maximum atomic E-state index is 5.65. The lowest BCUT2D eigenvalue weighted by molar-refractivity contribution is 0.190. The third kappa shape index (κ3) is 3.27. The molecule has 2 fully saturated rings. The molecule has 2 heterocycles. The molecule has 124 valence electrons. The van der Waals surface area contributed by atoms with Gasteiger partial charge >= 0.3 is 0 Å². The fourth-order valence-electron chi connectivity index (χ4n) is 3.28. The highest BCUT2D eigenvalue weighted by molar-refractivity contribution is 5.85. The Labute approximate surface area is 142 Å². The molecule has 1 atom stereocenters. The number of nitrogens with one attached hydrogen (secondary N) is 1. The van der Waals surface area contributed by atoms with Crippen molar-refractivity contribution in [1.29, 1.82) is 0 Å². The van der Waals surface area contributed by atoms with Crippen molar-refractivity contribution in [2.75, 3.05) is 26.7 Å². The Morgan fingerprint density at radius 2 is 2.09 bits per heavy atom. The molecule has 2 aliphatic rings. The lowest BCUT2D eigenvalue weighted by atomic mass is 9.96. The van der Waals surface area contributed by atoms with Crippen LogP contribution in [-0.2, 0) is 11.8 Å². The van der Waals surface area contributed by atoms with Gasteiger partial charge in [0.05, 0.1) is 11.5 Å². The number of nitrogens with zero attached hydrogens (tertiary/aromatic N) is 3. The molecular weight excluding hydrogens is 312 g/mol. The summed E-state index contributed by atoms with van der Waals surface area (Å²) in [4.78, 5) is 7.05. The molecule has 0 amide bonds. The van der Waals surface area contributed by atoms with E-state index in [1.165, 1.54) is 5.56 Å². The van der Waals surface area contributed by atoms with Crippen molar-refractivity contribution in [3.8, 4) is 0 Å². The number of halogens is 1. The molecule has 1 aromatic heterocycles. The van der Waals surface area contributed by atoms with Crippen LogP contribution in [0.5, 0.6) is 0 Å². The van der Waals surface area contributed by atoms with Crippen LogP contribution in [0.1, 0.15) is 36.2 Å². The Morgan fingerprint density at radius 1 is 1.30 bits per heavy atom. The summed E-state index contributed by atoms with van der Waals surface area (Å²) in [5, 5.41) is 7.67. The number of hydrogen-bond donors (Lipinski definition) is 1. The second-order valence-electron chi connectivity index (χ2n) is 6.60. The van der Waals surface area contributed by atoms with E-state index in [2.05, 4.69) is 52.8 Å². The van der Waals surface area contributed by atoms with E-state index in [1.54, 1.807) is 0 Å². The first-order valence-corrected chi connectivity index (χ1v) is 8.06. The van der Waals surface area contributed by atoms with Gasteiger partial charge in [-0.2, -0.15) is 4.98 Å². The first kappa shape index (κ1) is 16.4. The lowest BCUT2D eigenvalue weighted by Gasteiger charge is -2.30. The zero-order valence-electron chi connectivity index (χ0n) is 13.4. The summed E-state index contributed by atoms with van der Waals surface area (Å²) >= 11 is 0. The van der Waals surface area contributed by atoms with Crippen LogP contribution >= 0.6 is 12.4 Å². The van der Waals surface area contributed by atoms with Gasteiger partial charge in [-0.15, -0.1) is 12.4 Å². The molecule has 0 radical (unpaired) electrons. The predicted octanol–water partition coefficient (Wildman–Crippen LogP) is 2.34. The van der Waals surface area contributed by atoms with Gasteiger partial charge < -0.3 is 9.84 Å². The van der Waals surface area contributed by atoms with Crippen LogP contribution in [0, 0.1) is 0 Å². The Kier molecular flexibility index (Phi) is 4.71. The van der Waals surface area contributed by atoms with Crippen LogP contribution in [0.4, 0.5) is 0 Å². The van der Waals surface area contributed by atoms with E-state index in [1.807, 2.05) is 0 Å². The van der Waals surface area contributed by atoms with Crippen molar-refractivity contribution < 1.29 is 4.52 Å². The number of hydrogen-bond acceptors (Lipinski definition) is 5. The van der Waals surface area contributed by atoms with Crippen LogP contribution in [0.3, 0.4) is 0 Å². The summed E-state index contributed by atoms with van der Waals surface area (Å²) in [5.41, 5.74) is 1.42. The van der Waals surface area contributed by atoms with Crippen molar-refractivity contribution in [2.24, 2.45) is 0 Å².